The van der Waals surface area contributed by atoms with Crippen molar-refractivity contribution in [3.05, 3.63) is 42.0 Å². The van der Waals surface area contributed by atoms with Crippen molar-refractivity contribution in [2.75, 3.05) is 0 Å². The first kappa shape index (κ1) is 11.7. The van der Waals surface area contributed by atoms with Gasteiger partial charge in [-0.3, -0.25) is 4.98 Å². The average molecular weight is 228 g/mol. The second-order valence-electron chi connectivity index (χ2n) is 4.25. The highest BCUT2D eigenvalue weighted by Gasteiger charge is 2.06. The molecule has 0 radical (unpaired) electrons. The lowest BCUT2D eigenvalue weighted by atomic mass is 10.1. The molecular formula is C13H16N4. The van der Waals surface area contributed by atoms with E-state index in [1.807, 2.05) is 32.0 Å². The number of nitrogens with two attached hydrogens (primary N) is 1. The van der Waals surface area contributed by atoms with E-state index in [1.165, 1.54) is 0 Å². The Hall–Kier alpha value is -1.81. The Morgan fingerprint density at radius 2 is 2.18 bits per heavy atom. The highest BCUT2D eigenvalue weighted by Crippen LogP contribution is 2.14. The van der Waals surface area contributed by atoms with E-state index in [9.17, 15) is 0 Å². The zero-order chi connectivity index (χ0) is 12.3. The predicted octanol–water partition coefficient (Wildman–Crippen LogP) is 1.74. The van der Waals surface area contributed by atoms with Gasteiger partial charge < -0.3 is 5.73 Å². The number of hydrogen-bond donors (Lipinski definition) is 1. The molecule has 0 aliphatic carbocycles. The van der Waals surface area contributed by atoms with Gasteiger partial charge in [-0.1, -0.05) is 0 Å². The van der Waals surface area contributed by atoms with Crippen LogP contribution in [0.25, 0.3) is 11.4 Å². The maximum absolute atomic E-state index is 5.79. The smallest absolute Gasteiger partial charge is 0.161 e. The molecule has 2 heterocycles. The Kier molecular flexibility index (Phi) is 3.44. The van der Waals surface area contributed by atoms with Gasteiger partial charge in [0.2, 0.25) is 0 Å². The average Bonchev–Trinajstić information content (AvgIpc) is 2.28. The maximum Gasteiger partial charge on any atom is 0.161 e. The predicted molar refractivity (Wildman–Crippen MR) is 67.4 cm³/mol. The van der Waals surface area contributed by atoms with E-state index in [2.05, 4.69) is 15.0 Å². The van der Waals surface area contributed by atoms with E-state index >= 15 is 0 Å². The number of aryl methyl sites for hydroxylation is 1. The van der Waals surface area contributed by atoms with Crippen LogP contribution in [0, 0.1) is 6.92 Å². The minimum Gasteiger partial charge on any atom is -0.328 e. The monoisotopic (exact) mass is 228 g/mol. The van der Waals surface area contributed by atoms with Gasteiger partial charge in [0, 0.05) is 41.8 Å². The lowest BCUT2D eigenvalue weighted by molar-refractivity contribution is 0.719. The lowest BCUT2D eigenvalue weighted by Crippen LogP contribution is -2.19. The van der Waals surface area contributed by atoms with Crippen LogP contribution in [0.4, 0.5) is 0 Å². The van der Waals surface area contributed by atoms with Gasteiger partial charge in [-0.05, 0) is 32.0 Å². The summed E-state index contributed by atoms with van der Waals surface area (Å²) in [5.41, 5.74) is 8.65. The second-order valence-corrected chi connectivity index (χ2v) is 4.25. The first-order valence-corrected chi connectivity index (χ1v) is 5.65. The van der Waals surface area contributed by atoms with Crippen molar-refractivity contribution in [2.24, 2.45) is 5.73 Å². The molecule has 2 rings (SSSR count). The zero-order valence-electron chi connectivity index (χ0n) is 10.1. The Bertz CT molecular complexity index is 494. The molecule has 88 valence electrons. The van der Waals surface area contributed by atoms with Crippen LogP contribution in [-0.2, 0) is 6.42 Å². The first-order chi connectivity index (χ1) is 8.15. The quantitative estimate of drug-likeness (QED) is 0.869. The molecule has 1 atom stereocenters. The van der Waals surface area contributed by atoms with E-state index in [0.717, 1.165) is 23.4 Å². The van der Waals surface area contributed by atoms with Crippen molar-refractivity contribution in [1.29, 1.82) is 0 Å². The van der Waals surface area contributed by atoms with Crippen molar-refractivity contribution >= 4 is 0 Å². The largest absolute Gasteiger partial charge is 0.328 e. The fraction of sp³-hybridized carbons (Fsp3) is 0.308. The Balaban J connectivity index is 2.38. The standard InChI is InChI=1S/C13H16N4/c1-9(14)6-12-7-10(2)16-13(17-12)11-4-3-5-15-8-11/h3-5,7-9H,6,14H2,1-2H3. The SMILES string of the molecule is Cc1cc(CC(C)N)nc(-c2cccnc2)n1. The van der Waals surface area contributed by atoms with Crippen LogP contribution >= 0.6 is 0 Å². The van der Waals surface area contributed by atoms with Crippen molar-refractivity contribution in [2.45, 2.75) is 26.3 Å². The molecule has 0 saturated carbocycles. The molecule has 1 unspecified atom stereocenters. The molecule has 0 amide bonds. The number of hydrogen-bond acceptors (Lipinski definition) is 4. The third-order valence-electron chi connectivity index (χ3n) is 2.36. The van der Waals surface area contributed by atoms with E-state index in [-0.39, 0.29) is 6.04 Å². The summed E-state index contributed by atoms with van der Waals surface area (Å²) < 4.78 is 0. The molecule has 0 bridgehead atoms. The molecule has 0 saturated heterocycles. The Morgan fingerprint density at radius 3 is 2.82 bits per heavy atom. The Labute approximate surface area is 101 Å². The molecule has 4 nitrogen and oxygen atoms in total. The fourth-order valence-corrected chi connectivity index (χ4v) is 1.69. The minimum absolute atomic E-state index is 0.103. The topological polar surface area (TPSA) is 64.7 Å². The number of pyridine rings is 1. The third kappa shape index (κ3) is 3.07. The summed E-state index contributed by atoms with van der Waals surface area (Å²) in [5.74, 6) is 0.716. The van der Waals surface area contributed by atoms with Crippen LogP contribution in [0.1, 0.15) is 18.3 Å². The molecule has 2 N–H and O–H groups in total. The van der Waals surface area contributed by atoms with Crippen LogP contribution in [0.3, 0.4) is 0 Å². The fourth-order valence-electron chi connectivity index (χ4n) is 1.69. The molecular weight excluding hydrogens is 212 g/mol. The number of aromatic nitrogens is 3. The van der Waals surface area contributed by atoms with Crippen LogP contribution in [0.5, 0.6) is 0 Å². The van der Waals surface area contributed by atoms with Gasteiger partial charge in [-0.2, -0.15) is 0 Å². The van der Waals surface area contributed by atoms with Crippen LogP contribution in [0.2, 0.25) is 0 Å². The minimum atomic E-state index is 0.103. The molecule has 0 aliphatic rings. The third-order valence-corrected chi connectivity index (χ3v) is 2.36. The van der Waals surface area contributed by atoms with Gasteiger partial charge in [0.15, 0.2) is 5.82 Å². The molecule has 0 spiro atoms. The van der Waals surface area contributed by atoms with E-state index in [0.29, 0.717) is 5.82 Å². The normalized spacial score (nSPS) is 12.4. The van der Waals surface area contributed by atoms with Gasteiger partial charge >= 0.3 is 0 Å². The van der Waals surface area contributed by atoms with Gasteiger partial charge in [0.25, 0.3) is 0 Å². The van der Waals surface area contributed by atoms with Crippen LogP contribution in [0.15, 0.2) is 30.6 Å². The molecule has 2 aromatic heterocycles. The van der Waals surface area contributed by atoms with E-state index < -0.39 is 0 Å². The van der Waals surface area contributed by atoms with Crippen LogP contribution < -0.4 is 5.73 Å². The summed E-state index contributed by atoms with van der Waals surface area (Å²) in [4.78, 5) is 13.0. The molecule has 2 aromatic rings. The molecule has 4 heteroatoms. The number of nitrogens with zero attached hydrogens (tertiary/aromatic N) is 3. The summed E-state index contributed by atoms with van der Waals surface area (Å²) in [7, 11) is 0. The van der Waals surface area contributed by atoms with E-state index in [1.54, 1.807) is 12.4 Å². The summed E-state index contributed by atoms with van der Waals surface area (Å²) in [6.45, 7) is 3.94. The Morgan fingerprint density at radius 1 is 1.35 bits per heavy atom. The molecule has 17 heavy (non-hydrogen) atoms. The van der Waals surface area contributed by atoms with Crippen molar-refractivity contribution < 1.29 is 0 Å². The summed E-state index contributed by atoms with van der Waals surface area (Å²) in [5, 5.41) is 0. The van der Waals surface area contributed by atoms with Gasteiger partial charge in [-0.15, -0.1) is 0 Å². The van der Waals surface area contributed by atoms with Crippen molar-refractivity contribution in [3.63, 3.8) is 0 Å². The zero-order valence-corrected chi connectivity index (χ0v) is 10.1. The number of rotatable bonds is 3. The summed E-state index contributed by atoms with van der Waals surface area (Å²) >= 11 is 0. The van der Waals surface area contributed by atoms with Crippen molar-refractivity contribution in [3.8, 4) is 11.4 Å². The highest BCUT2D eigenvalue weighted by molar-refractivity contribution is 5.53. The molecule has 0 fully saturated rings. The summed E-state index contributed by atoms with van der Waals surface area (Å²) in [6, 6.07) is 5.92. The van der Waals surface area contributed by atoms with Crippen LogP contribution in [-0.4, -0.2) is 21.0 Å². The van der Waals surface area contributed by atoms with Gasteiger partial charge in [0.05, 0.1) is 0 Å². The molecule has 0 aromatic carbocycles. The summed E-state index contributed by atoms with van der Waals surface area (Å²) in [6.07, 6.45) is 4.27. The maximum atomic E-state index is 5.79. The van der Waals surface area contributed by atoms with Crippen molar-refractivity contribution in [1.82, 2.24) is 15.0 Å². The van der Waals surface area contributed by atoms with Gasteiger partial charge in [0.1, 0.15) is 0 Å². The van der Waals surface area contributed by atoms with E-state index in [4.69, 9.17) is 5.73 Å². The lowest BCUT2D eigenvalue weighted by Gasteiger charge is -2.07. The molecule has 0 aliphatic heterocycles. The second kappa shape index (κ2) is 5.01. The first-order valence-electron chi connectivity index (χ1n) is 5.65. The highest BCUT2D eigenvalue weighted by atomic mass is 14.9. The van der Waals surface area contributed by atoms with Gasteiger partial charge in [-0.25, -0.2) is 9.97 Å².